The van der Waals surface area contributed by atoms with Gasteiger partial charge in [-0.05, 0) is 58.4 Å². The van der Waals surface area contributed by atoms with E-state index in [2.05, 4.69) is 53.3 Å². The number of hydrogen-bond acceptors (Lipinski definition) is 2. The first kappa shape index (κ1) is 16.8. The number of halogens is 1. The summed E-state index contributed by atoms with van der Waals surface area (Å²) in [6.45, 7) is 5.59. The zero-order valence-corrected chi connectivity index (χ0v) is 15.1. The molecule has 1 aromatic rings. The minimum atomic E-state index is 0.566. The Kier molecular flexibility index (Phi) is 6.56. The van der Waals surface area contributed by atoms with Gasteiger partial charge in [0.1, 0.15) is 5.75 Å². The SMILES string of the molecule is COc1ccc(CC(CNC(C)C)C2CCCC2)cc1Br. The van der Waals surface area contributed by atoms with Gasteiger partial charge in [-0.1, -0.05) is 45.6 Å². The van der Waals surface area contributed by atoms with Crippen LogP contribution in [0.5, 0.6) is 5.75 Å². The molecule has 0 bridgehead atoms. The van der Waals surface area contributed by atoms with E-state index >= 15 is 0 Å². The summed E-state index contributed by atoms with van der Waals surface area (Å²) in [7, 11) is 1.72. The highest BCUT2D eigenvalue weighted by molar-refractivity contribution is 9.10. The van der Waals surface area contributed by atoms with Gasteiger partial charge in [-0.2, -0.15) is 0 Å². The Morgan fingerprint density at radius 3 is 2.57 bits per heavy atom. The number of ether oxygens (including phenoxy) is 1. The highest BCUT2D eigenvalue weighted by Crippen LogP contribution is 2.34. The maximum absolute atomic E-state index is 5.32. The molecule has 1 atom stereocenters. The quantitative estimate of drug-likeness (QED) is 0.759. The van der Waals surface area contributed by atoms with Crippen LogP contribution in [0.15, 0.2) is 22.7 Å². The van der Waals surface area contributed by atoms with Crippen molar-refractivity contribution >= 4 is 15.9 Å². The highest BCUT2D eigenvalue weighted by atomic mass is 79.9. The zero-order chi connectivity index (χ0) is 15.2. The fourth-order valence-electron chi connectivity index (χ4n) is 3.36. The van der Waals surface area contributed by atoms with Crippen molar-refractivity contribution in [3.05, 3.63) is 28.2 Å². The molecule has 118 valence electrons. The first-order chi connectivity index (χ1) is 10.1. The Morgan fingerprint density at radius 2 is 2.00 bits per heavy atom. The van der Waals surface area contributed by atoms with Crippen molar-refractivity contribution in [2.45, 2.75) is 52.0 Å². The third-order valence-corrected chi connectivity index (χ3v) is 5.19. The molecule has 0 saturated heterocycles. The lowest BCUT2D eigenvalue weighted by Crippen LogP contribution is -2.33. The standard InChI is InChI=1S/C18H28BrNO/c1-13(2)20-12-16(15-6-4-5-7-15)10-14-8-9-18(21-3)17(19)11-14/h8-9,11,13,15-16,20H,4-7,10,12H2,1-3H3. The zero-order valence-electron chi connectivity index (χ0n) is 13.5. The molecule has 21 heavy (non-hydrogen) atoms. The van der Waals surface area contributed by atoms with E-state index in [0.717, 1.165) is 35.0 Å². The Morgan fingerprint density at radius 1 is 1.29 bits per heavy atom. The van der Waals surface area contributed by atoms with E-state index in [1.807, 2.05) is 0 Å². The smallest absolute Gasteiger partial charge is 0.133 e. The van der Waals surface area contributed by atoms with Gasteiger partial charge in [0.2, 0.25) is 0 Å². The molecule has 1 aromatic carbocycles. The summed E-state index contributed by atoms with van der Waals surface area (Å²) < 4.78 is 6.38. The van der Waals surface area contributed by atoms with Gasteiger partial charge in [0.15, 0.2) is 0 Å². The van der Waals surface area contributed by atoms with Crippen LogP contribution in [0.2, 0.25) is 0 Å². The fourth-order valence-corrected chi connectivity index (χ4v) is 3.95. The van der Waals surface area contributed by atoms with Gasteiger partial charge in [-0.25, -0.2) is 0 Å². The summed E-state index contributed by atoms with van der Waals surface area (Å²) in [6.07, 6.45) is 6.79. The average Bonchev–Trinajstić information content (AvgIpc) is 2.97. The van der Waals surface area contributed by atoms with E-state index in [-0.39, 0.29) is 0 Å². The van der Waals surface area contributed by atoms with Gasteiger partial charge in [-0.15, -0.1) is 0 Å². The average molecular weight is 354 g/mol. The summed E-state index contributed by atoms with van der Waals surface area (Å²) in [5.74, 6) is 2.55. The molecule has 1 unspecified atom stereocenters. The normalized spacial score (nSPS) is 17.4. The third-order valence-electron chi connectivity index (χ3n) is 4.57. The molecule has 1 saturated carbocycles. The molecule has 1 fully saturated rings. The van der Waals surface area contributed by atoms with Gasteiger partial charge < -0.3 is 10.1 Å². The predicted molar refractivity (Wildman–Crippen MR) is 93.0 cm³/mol. The molecule has 0 heterocycles. The molecule has 2 nitrogen and oxygen atoms in total. The van der Waals surface area contributed by atoms with Crippen molar-refractivity contribution in [1.29, 1.82) is 0 Å². The summed E-state index contributed by atoms with van der Waals surface area (Å²) in [6, 6.07) is 7.06. The molecule has 2 rings (SSSR count). The lowest BCUT2D eigenvalue weighted by Gasteiger charge is -2.25. The molecule has 1 N–H and O–H groups in total. The molecule has 0 radical (unpaired) electrons. The molecule has 1 aliphatic rings. The molecule has 0 aliphatic heterocycles. The van der Waals surface area contributed by atoms with Crippen molar-refractivity contribution in [1.82, 2.24) is 5.32 Å². The lowest BCUT2D eigenvalue weighted by atomic mass is 9.85. The van der Waals surface area contributed by atoms with Gasteiger partial charge in [0.25, 0.3) is 0 Å². The first-order valence-corrected chi connectivity index (χ1v) is 8.95. The summed E-state index contributed by atoms with van der Waals surface area (Å²) in [4.78, 5) is 0. The highest BCUT2D eigenvalue weighted by Gasteiger charge is 2.25. The maximum Gasteiger partial charge on any atom is 0.133 e. The van der Waals surface area contributed by atoms with Crippen LogP contribution >= 0.6 is 15.9 Å². The molecular formula is C18H28BrNO. The van der Waals surface area contributed by atoms with Crippen LogP contribution in [0.4, 0.5) is 0 Å². The second-order valence-corrected chi connectivity index (χ2v) is 7.39. The topological polar surface area (TPSA) is 21.3 Å². The Labute approximate surface area is 137 Å². The summed E-state index contributed by atoms with van der Waals surface area (Å²) >= 11 is 3.60. The molecular weight excluding hydrogens is 326 g/mol. The van der Waals surface area contributed by atoms with Gasteiger partial charge >= 0.3 is 0 Å². The van der Waals surface area contributed by atoms with Gasteiger partial charge in [0.05, 0.1) is 11.6 Å². The van der Waals surface area contributed by atoms with E-state index in [1.54, 1.807) is 7.11 Å². The van der Waals surface area contributed by atoms with Crippen LogP contribution < -0.4 is 10.1 Å². The molecule has 3 heteroatoms. The van der Waals surface area contributed by atoms with E-state index in [1.165, 1.54) is 31.2 Å². The minimum absolute atomic E-state index is 0.566. The Balaban J connectivity index is 2.04. The Hall–Kier alpha value is -0.540. The van der Waals surface area contributed by atoms with Crippen molar-refractivity contribution in [2.24, 2.45) is 11.8 Å². The number of hydrogen-bond donors (Lipinski definition) is 1. The van der Waals surface area contributed by atoms with E-state index in [4.69, 9.17) is 4.74 Å². The fraction of sp³-hybridized carbons (Fsp3) is 0.667. The summed E-state index contributed by atoms with van der Waals surface area (Å²) in [5, 5.41) is 3.64. The van der Waals surface area contributed by atoms with Crippen LogP contribution in [-0.4, -0.2) is 19.7 Å². The number of rotatable bonds is 7. The monoisotopic (exact) mass is 353 g/mol. The van der Waals surface area contributed by atoms with E-state index in [0.29, 0.717) is 6.04 Å². The largest absolute Gasteiger partial charge is 0.496 e. The molecule has 0 aromatic heterocycles. The second-order valence-electron chi connectivity index (χ2n) is 6.54. The van der Waals surface area contributed by atoms with Crippen LogP contribution in [0.3, 0.4) is 0 Å². The van der Waals surface area contributed by atoms with Crippen LogP contribution in [-0.2, 0) is 6.42 Å². The van der Waals surface area contributed by atoms with Crippen LogP contribution in [0.25, 0.3) is 0 Å². The van der Waals surface area contributed by atoms with Crippen LogP contribution in [0, 0.1) is 11.8 Å². The van der Waals surface area contributed by atoms with Crippen molar-refractivity contribution in [3.8, 4) is 5.75 Å². The third kappa shape index (κ3) is 5.00. The number of methoxy groups -OCH3 is 1. The molecule has 0 spiro atoms. The number of benzene rings is 1. The Bertz CT molecular complexity index is 441. The van der Waals surface area contributed by atoms with Gasteiger partial charge in [0, 0.05) is 6.04 Å². The van der Waals surface area contributed by atoms with Crippen molar-refractivity contribution in [3.63, 3.8) is 0 Å². The second kappa shape index (κ2) is 8.19. The predicted octanol–water partition coefficient (Wildman–Crippen LogP) is 4.80. The summed E-state index contributed by atoms with van der Waals surface area (Å²) in [5.41, 5.74) is 1.41. The van der Waals surface area contributed by atoms with Crippen LogP contribution in [0.1, 0.15) is 45.1 Å². The molecule has 1 aliphatic carbocycles. The van der Waals surface area contributed by atoms with E-state index in [9.17, 15) is 0 Å². The van der Waals surface area contributed by atoms with Gasteiger partial charge in [-0.3, -0.25) is 0 Å². The minimum Gasteiger partial charge on any atom is -0.496 e. The van der Waals surface area contributed by atoms with Crippen molar-refractivity contribution < 1.29 is 4.74 Å². The molecule has 0 amide bonds. The lowest BCUT2D eigenvalue weighted by molar-refractivity contribution is 0.312. The first-order valence-electron chi connectivity index (χ1n) is 8.16. The number of nitrogens with one attached hydrogen (secondary N) is 1. The van der Waals surface area contributed by atoms with Crippen molar-refractivity contribution in [2.75, 3.05) is 13.7 Å². The maximum atomic E-state index is 5.32. The van der Waals surface area contributed by atoms with E-state index < -0.39 is 0 Å².